The van der Waals surface area contributed by atoms with E-state index in [4.69, 9.17) is 4.42 Å². The van der Waals surface area contributed by atoms with E-state index in [0.29, 0.717) is 0 Å². The molecule has 1 N–H and O–H groups in total. The molecule has 122 valence electrons. The van der Waals surface area contributed by atoms with E-state index in [9.17, 15) is 0 Å². The van der Waals surface area contributed by atoms with Crippen LogP contribution in [0.25, 0.3) is 21.9 Å². The molecule has 1 heterocycles. The molecule has 0 spiro atoms. The Morgan fingerprint density at radius 1 is 0.783 bits per heavy atom. The summed E-state index contributed by atoms with van der Waals surface area (Å²) in [6.07, 6.45) is 10.5. The SMILES string of the molecule is C1CCCCCC1.CNCc1ccc2oc3ccccc3c2c1. The van der Waals surface area contributed by atoms with Crippen LogP contribution in [0.5, 0.6) is 0 Å². The molecule has 0 saturated heterocycles. The van der Waals surface area contributed by atoms with Crippen molar-refractivity contribution in [1.82, 2.24) is 5.32 Å². The van der Waals surface area contributed by atoms with Crippen LogP contribution in [0.1, 0.15) is 50.5 Å². The summed E-state index contributed by atoms with van der Waals surface area (Å²) in [5.74, 6) is 0. The van der Waals surface area contributed by atoms with Crippen molar-refractivity contribution in [3.63, 3.8) is 0 Å². The zero-order valence-corrected chi connectivity index (χ0v) is 14.1. The predicted molar refractivity (Wildman–Crippen MR) is 98.8 cm³/mol. The molecule has 1 aliphatic rings. The highest BCUT2D eigenvalue weighted by molar-refractivity contribution is 6.04. The van der Waals surface area contributed by atoms with Gasteiger partial charge in [-0.3, -0.25) is 0 Å². The molecule has 0 radical (unpaired) electrons. The van der Waals surface area contributed by atoms with Crippen molar-refractivity contribution in [1.29, 1.82) is 0 Å². The minimum absolute atomic E-state index is 0.884. The van der Waals surface area contributed by atoms with E-state index in [1.54, 1.807) is 0 Å². The Kier molecular flexibility index (Phi) is 5.71. The van der Waals surface area contributed by atoms with Gasteiger partial charge in [0.25, 0.3) is 0 Å². The number of rotatable bonds is 2. The van der Waals surface area contributed by atoms with Crippen LogP contribution in [-0.2, 0) is 6.54 Å². The second-order valence-corrected chi connectivity index (χ2v) is 6.43. The molecule has 1 saturated carbocycles. The molecular formula is C21H27NO. The lowest BCUT2D eigenvalue weighted by atomic mass is 10.1. The van der Waals surface area contributed by atoms with Gasteiger partial charge in [-0.1, -0.05) is 69.2 Å². The molecule has 2 nitrogen and oxygen atoms in total. The van der Waals surface area contributed by atoms with Crippen molar-refractivity contribution in [2.45, 2.75) is 51.5 Å². The third-order valence-electron chi connectivity index (χ3n) is 4.57. The van der Waals surface area contributed by atoms with Crippen LogP contribution in [-0.4, -0.2) is 7.05 Å². The molecule has 2 aromatic carbocycles. The summed E-state index contributed by atoms with van der Waals surface area (Å²) in [4.78, 5) is 0. The summed E-state index contributed by atoms with van der Waals surface area (Å²) in [5, 5.41) is 5.55. The second-order valence-electron chi connectivity index (χ2n) is 6.43. The molecule has 0 unspecified atom stereocenters. The summed E-state index contributed by atoms with van der Waals surface area (Å²) in [6, 6.07) is 14.5. The monoisotopic (exact) mass is 309 g/mol. The molecule has 0 aliphatic heterocycles. The Bertz CT molecular complexity index is 724. The summed E-state index contributed by atoms with van der Waals surface area (Å²) >= 11 is 0. The van der Waals surface area contributed by atoms with E-state index in [2.05, 4.69) is 23.5 Å². The largest absolute Gasteiger partial charge is 0.456 e. The van der Waals surface area contributed by atoms with Crippen LogP contribution in [0.3, 0.4) is 0 Å². The quantitative estimate of drug-likeness (QED) is 0.584. The van der Waals surface area contributed by atoms with Crippen LogP contribution >= 0.6 is 0 Å². The highest BCUT2D eigenvalue weighted by Crippen LogP contribution is 2.28. The fourth-order valence-corrected chi connectivity index (χ4v) is 3.32. The summed E-state index contributed by atoms with van der Waals surface area (Å²) in [7, 11) is 1.96. The Morgan fingerprint density at radius 2 is 1.39 bits per heavy atom. The zero-order chi connectivity index (χ0) is 15.9. The van der Waals surface area contributed by atoms with Crippen LogP contribution in [0.4, 0.5) is 0 Å². The molecule has 4 rings (SSSR count). The van der Waals surface area contributed by atoms with Gasteiger partial charge in [0.2, 0.25) is 0 Å². The first kappa shape index (κ1) is 16.1. The second kappa shape index (κ2) is 8.16. The van der Waals surface area contributed by atoms with Gasteiger partial charge in [-0.2, -0.15) is 0 Å². The minimum atomic E-state index is 0.884. The molecule has 0 atom stereocenters. The number of hydrogen-bond acceptors (Lipinski definition) is 2. The standard InChI is InChI=1S/C14H13NO.C7H14/c1-15-9-10-6-7-14-12(8-10)11-4-2-3-5-13(11)16-14;1-2-4-6-7-5-3-1/h2-8,15H,9H2,1H3;1-7H2. The average Bonchev–Trinajstić information content (AvgIpc) is 2.76. The van der Waals surface area contributed by atoms with E-state index >= 15 is 0 Å². The molecule has 3 aromatic rings. The van der Waals surface area contributed by atoms with Gasteiger partial charge in [-0.15, -0.1) is 0 Å². The van der Waals surface area contributed by atoms with Crippen molar-refractivity contribution in [3.8, 4) is 0 Å². The number of benzene rings is 2. The van der Waals surface area contributed by atoms with Gasteiger partial charge in [0.15, 0.2) is 0 Å². The van der Waals surface area contributed by atoms with Crippen molar-refractivity contribution < 1.29 is 4.42 Å². The van der Waals surface area contributed by atoms with Crippen molar-refractivity contribution in [2.24, 2.45) is 0 Å². The molecule has 2 heteroatoms. The Labute approximate surface area is 138 Å². The lowest BCUT2D eigenvalue weighted by molar-refractivity contribution is 0.668. The Hall–Kier alpha value is -1.80. The van der Waals surface area contributed by atoms with Gasteiger partial charge in [0.05, 0.1) is 0 Å². The number of hydrogen-bond donors (Lipinski definition) is 1. The van der Waals surface area contributed by atoms with Crippen molar-refractivity contribution >= 4 is 21.9 Å². The number of para-hydroxylation sites is 1. The van der Waals surface area contributed by atoms with E-state index in [0.717, 1.165) is 17.7 Å². The van der Waals surface area contributed by atoms with Crippen LogP contribution in [0.2, 0.25) is 0 Å². The van der Waals surface area contributed by atoms with Gasteiger partial charge in [0.1, 0.15) is 11.2 Å². The highest BCUT2D eigenvalue weighted by Gasteiger charge is 2.06. The van der Waals surface area contributed by atoms with Crippen LogP contribution in [0, 0.1) is 0 Å². The zero-order valence-electron chi connectivity index (χ0n) is 14.1. The first-order valence-electron chi connectivity index (χ1n) is 8.93. The molecular weight excluding hydrogens is 282 g/mol. The third kappa shape index (κ3) is 4.14. The average molecular weight is 309 g/mol. The minimum Gasteiger partial charge on any atom is -0.456 e. The summed E-state index contributed by atoms with van der Waals surface area (Å²) < 4.78 is 5.77. The van der Waals surface area contributed by atoms with E-state index in [-0.39, 0.29) is 0 Å². The van der Waals surface area contributed by atoms with Gasteiger partial charge in [0, 0.05) is 17.3 Å². The van der Waals surface area contributed by atoms with Gasteiger partial charge in [-0.25, -0.2) is 0 Å². The summed E-state index contributed by atoms with van der Waals surface area (Å²) in [6.45, 7) is 0.884. The summed E-state index contributed by atoms with van der Waals surface area (Å²) in [5.41, 5.74) is 3.20. The van der Waals surface area contributed by atoms with Gasteiger partial charge < -0.3 is 9.73 Å². The van der Waals surface area contributed by atoms with E-state index < -0.39 is 0 Å². The fraction of sp³-hybridized carbons (Fsp3) is 0.429. The first-order valence-corrected chi connectivity index (χ1v) is 8.93. The lowest BCUT2D eigenvalue weighted by Gasteiger charge is -1.98. The predicted octanol–water partition coefficient (Wildman–Crippen LogP) is 6.04. The van der Waals surface area contributed by atoms with Crippen LogP contribution < -0.4 is 5.32 Å². The normalized spacial score (nSPS) is 15.2. The van der Waals surface area contributed by atoms with Crippen molar-refractivity contribution in [2.75, 3.05) is 7.05 Å². The van der Waals surface area contributed by atoms with Gasteiger partial charge in [-0.05, 0) is 30.8 Å². The first-order chi connectivity index (χ1) is 11.4. The Balaban J connectivity index is 0.000000188. The molecule has 0 bridgehead atoms. The number of furan rings is 1. The molecule has 1 aliphatic carbocycles. The topological polar surface area (TPSA) is 25.2 Å². The van der Waals surface area contributed by atoms with E-state index in [1.807, 2.05) is 31.3 Å². The maximum atomic E-state index is 5.77. The maximum absolute atomic E-state index is 5.77. The van der Waals surface area contributed by atoms with Crippen molar-refractivity contribution in [3.05, 3.63) is 48.0 Å². The van der Waals surface area contributed by atoms with Crippen LogP contribution in [0.15, 0.2) is 46.9 Å². The van der Waals surface area contributed by atoms with E-state index in [1.165, 1.54) is 61.3 Å². The fourth-order valence-electron chi connectivity index (χ4n) is 3.32. The highest BCUT2D eigenvalue weighted by atomic mass is 16.3. The molecule has 1 aromatic heterocycles. The maximum Gasteiger partial charge on any atom is 0.135 e. The number of nitrogens with one attached hydrogen (secondary N) is 1. The molecule has 1 fully saturated rings. The Morgan fingerprint density at radius 3 is 2.04 bits per heavy atom. The number of fused-ring (bicyclic) bond motifs is 3. The van der Waals surface area contributed by atoms with Gasteiger partial charge >= 0.3 is 0 Å². The molecule has 0 amide bonds. The lowest BCUT2D eigenvalue weighted by Crippen LogP contribution is -2.04. The smallest absolute Gasteiger partial charge is 0.135 e. The molecule has 23 heavy (non-hydrogen) atoms. The third-order valence-corrected chi connectivity index (χ3v) is 4.57.